The second kappa shape index (κ2) is 7.19. The molecule has 1 aliphatic heterocycles. The van der Waals surface area contributed by atoms with Crippen molar-refractivity contribution in [1.82, 2.24) is 15.1 Å². The number of thioether (sulfide) groups is 2. The number of carbonyl (C=O) groups is 1. The van der Waals surface area contributed by atoms with Crippen molar-refractivity contribution < 1.29 is 9.21 Å². The molecule has 0 radical (unpaired) electrons. The van der Waals surface area contributed by atoms with E-state index in [0.29, 0.717) is 28.7 Å². The fraction of sp³-hybridized carbons (Fsp3) is 0.750. The lowest BCUT2D eigenvalue weighted by atomic mass is 10.0. The Kier molecular flexibility index (Phi) is 5.57. The third-order valence-electron chi connectivity index (χ3n) is 3.16. The number of hydrogen-bond donors (Lipinski definition) is 0. The smallest absolute Gasteiger partial charge is 0.277 e. The van der Waals surface area contributed by atoms with E-state index in [1.165, 1.54) is 18.2 Å². The maximum atomic E-state index is 12.1. The summed E-state index contributed by atoms with van der Waals surface area (Å²) in [6.07, 6.45) is 5.42. The lowest BCUT2D eigenvalue weighted by Gasteiger charge is -2.33. The minimum absolute atomic E-state index is 0.168. The number of aromatic nitrogens is 2. The second-order valence-electron chi connectivity index (χ2n) is 4.62. The van der Waals surface area contributed by atoms with Gasteiger partial charge in [-0.05, 0) is 32.4 Å². The van der Waals surface area contributed by atoms with Gasteiger partial charge in [0.25, 0.3) is 5.22 Å². The average molecular weight is 301 g/mol. The van der Waals surface area contributed by atoms with Crippen molar-refractivity contribution in [3.63, 3.8) is 0 Å². The lowest BCUT2D eigenvalue weighted by molar-refractivity contribution is -0.131. The van der Waals surface area contributed by atoms with Gasteiger partial charge in [-0.1, -0.05) is 11.8 Å². The molecule has 1 aliphatic rings. The number of carbonyl (C=O) groups excluding carboxylic acids is 1. The number of piperidine rings is 1. The molecule has 0 aliphatic carbocycles. The van der Waals surface area contributed by atoms with E-state index >= 15 is 0 Å². The van der Waals surface area contributed by atoms with E-state index in [-0.39, 0.29) is 5.91 Å². The first-order valence-electron chi connectivity index (χ1n) is 6.44. The van der Waals surface area contributed by atoms with Crippen molar-refractivity contribution in [2.75, 3.05) is 18.6 Å². The molecule has 1 aromatic heterocycles. The molecule has 0 saturated carbocycles. The largest absolute Gasteiger partial charge is 0.415 e. The van der Waals surface area contributed by atoms with Crippen LogP contribution in [0.2, 0.25) is 0 Å². The molecule has 0 bridgehead atoms. The van der Waals surface area contributed by atoms with Crippen LogP contribution in [-0.4, -0.2) is 45.6 Å². The standard InChI is InChI=1S/C12H19N3O2S2/c1-9-5-3-4-6-15(9)11(16)8-19-12-14-13-10(17-12)7-18-2/h9H,3-8H2,1-2H3. The topological polar surface area (TPSA) is 59.2 Å². The molecule has 5 nitrogen and oxygen atoms in total. The molecule has 1 atom stereocenters. The van der Waals surface area contributed by atoms with Gasteiger partial charge in [0.1, 0.15) is 0 Å². The summed E-state index contributed by atoms with van der Waals surface area (Å²) in [7, 11) is 0. The van der Waals surface area contributed by atoms with Crippen LogP contribution in [0.4, 0.5) is 0 Å². The molecule has 1 aromatic rings. The molecule has 0 aromatic carbocycles. The minimum Gasteiger partial charge on any atom is -0.415 e. The maximum absolute atomic E-state index is 12.1. The van der Waals surface area contributed by atoms with Crippen LogP contribution in [-0.2, 0) is 10.5 Å². The highest BCUT2D eigenvalue weighted by molar-refractivity contribution is 7.99. The molecule has 1 fully saturated rings. The van der Waals surface area contributed by atoms with Gasteiger partial charge in [0.15, 0.2) is 0 Å². The van der Waals surface area contributed by atoms with E-state index in [1.807, 2.05) is 11.2 Å². The SMILES string of the molecule is CSCc1nnc(SCC(=O)N2CCCCC2C)o1. The highest BCUT2D eigenvalue weighted by Crippen LogP contribution is 2.21. The first-order chi connectivity index (χ1) is 9.20. The highest BCUT2D eigenvalue weighted by atomic mass is 32.2. The number of amides is 1. The fourth-order valence-corrected chi connectivity index (χ4v) is 3.18. The van der Waals surface area contributed by atoms with Crippen LogP contribution in [0.3, 0.4) is 0 Å². The molecule has 0 N–H and O–H groups in total. The normalized spacial score (nSPS) is 19.7. The summed E-state index contributed by atoms with van der Waals surface area (Å²) in [5, 5.41) is 8.35. The van der Waals surface area contributed by atoms with Crippen molar-refractivity contribution in [3.05, 3.63) is 5.89 Å². The van der Waals surface area contributed by atoms with Gasteiger partial charge in [0.2, 0.25) is 11.8 Å². The second-order valence-corrected chi connectivity index (χ2v) is 6.41. The van der Waals surface area contributed by atoms with E-state index < -0.39 is 0 Å². The van der Waals surface area contributed by atoms with Gasteiger partial charge in [-0.3, -0.25) is 4.79 Å². The van der Waals surface area contributed by atoms with Gasteiger partial charge in [-0.15, -0.1) is 10.2 Å². The van der Waals surface area contributed by atoms with Gasteiger partial charge in [-0.2, -0.15) is 11.8 Å². The minimum atomic E-state index is 0.168. The molecular weight excluding hydrogens is 282 g/mol. The average Bonchev–Trinajstić information content (AvgIpc) is 2.85. The van der Waals surface area contributed by atoms with Crippen molar-refractivity contribution in [3.8, 4) is 0 Å². The molecule has 7 heteroatoms. The Labute approximate surface area is 121 Å². The Morgan fingerprint density at radius 3 is 3.05 bits per heavy atom. The molecule has 1 amide bonds. The quantitative estimate of drug-likeness (QED) is 0.779. The zero-order valence-electron chi connectivity index (χ0n) is 11.3. The molecule has 2 heterocycles. The van der Waals surface area contributed by atoms with E-state index in [2.05, 4.69) is 17.1 Å². The summed E-state index contributed by atoms with van der Waals surface area (Å²) in [4.78, 5) is 14.1. The van der Waals surface area contributed by atoms with E-state index in [9.17, 15) is 4.79 Å². The predicted octanol–water partition coefficient (Wildman–Crippen LogP) is 2.43. The van der Waals surface area contributed by atoms with Gasteiger partial charge in [0, 0.05) is 12.6 Å². The van der Waals surface area contributed by atoms with E-state index in [1.54, 1.807) is 11.8 Å². The summed E-state index contributed by atoms with van der Waals surface area (Å²) >= 11 is 2.96. The summed E-state index contributed by atoms with van der Waals surface area (Å²) < 4.78 is 5.44. The molecule has 0 spiro atoms. The molecule has 1 saturated heterocycles. The Balaban J connectivity index is 1.81. The summed E-state index contributed by atoms with van der Waals surface area (Å²) in [5.41, 5.74) is 0. The van der Waals surface area contributed by atoms with Crippen molar-refractivity contribution in [1.29, 1.82) is 0 Å². The van der Waals surface area contributed by atoms with Crippen molar-refractivity contribution >= 4 is 29.4 Å². The first kappa shape index (κ1) is 14.7. The highest BCUT2D eigenvalue weighted by Gasteiger charge is 2.23. The Bertz CT molecular complexity index is 425. The first-order valence-corrected chi connectivity index (χ1v) is 8.82. The number of rotatable bonds is 5. The van der Waals surface area contributed by atoms with Crippen LogP contribution in [0.1, 0.15) is 32.1 Å². The van der Waals surface area contributed by atoms with Crippen molar-refractivity contribution in [2.24, 2.45) is 0 Å². The van der Waals surface area contributed by atoms with Gasteiger partial charge < -0.3 is 9.32 Å². The summed E-state index contributed by atoms with van der Waals surface area (Å²) in [6, 6.07) is 0.358. The predicted molar refractivity (Wildman–Crippen MR) is 77.3 cm³/mol. The monoisotopic (exact) mass is 301 g/mol. The van der Waals surface area contributed by atoms with Gasteiger partial charge in [-0.25, -0.2) is 0 Å². The Hall–Kier alpha value is -0.690. The van der Waals surface area contributed by atoms with E-state index in [4.69, 9.17) is 4.42 Å². The Morgan fingerprint density at radius 2 is 2.32 bits per heavy atom. The summed E-state index contributed by atoms with van der Waals surface area (Å²) in [5.74, 6) is 1.88. The third kappa shape index (κ3) is 4.14. The Morgan fingerprint density at radius 1 is 1.47 bits per heavy atom. The van der Waals surface area contributed by atoms with Crippen molar-refractivity contribution in [2.45, 2.75) is 43.2 Å². The number of likely N-dealkylation sites (tertiary alicyclic amines) is 1. The summed E-state index contributed by atoms with van der Waals surface area (Å²) in [6.45, 7) is 2.99. The van der Waals surface area contributed by atoms with Crippen LogP contribution >= 0.6 is 23.5 Å². The van der Waals surface area contributed by atoms with Crippen LogP contribution in [0.15, 0.2) is 9.64 Å². The zero-order chi connectivity index (χ0) is 13.7. The molecule has 106 valence electrons. The molecule has 2 rings (SSSR count). The van der Waals surface area contributed by atoms with E-state index in [0.717, 1.165) is 19.4 Å². The number of hydrogen-bond acceptors (Lipinski definition) is 6. The van der Waals surface area contributed by atoms with Crippen LogP contribution < -0.4 is 0 Å². The van der Waals surface area contributed by atoms with Crippen LogP contribution in [0.25, 0.3) is 0 Å². The third-order valence-corrected chi connectivity index (χ3v) is 4.50. The van der Waals surface area contributed by atoms with Gasteiger partial charge in [0.05, 0.1) is 11.5 Å². The van der Waals surface area contributed by atoms with Crippen LogP contribution in [0, 0.1) is 0 Å². The van der Waals surface area contributed by atoms with Gasteiger partial charge >= 0.3 is 0 Å². The number of nitrogens with zero attached hydrogens (tertiary/aromatic N) is 3. The fourth-order valence-electron chi connectivity index (χ4n) is 2.15. The molecule has 19 heavy (non-hydrogen) atoms. The van der Waals surface area contributed by atoms with Crippen LogP contribution in [0.5, 0.6) is 0 Å². The molecule has 1 unspecified atom stereocenters. The lowest BCUT2D eigenvalue weighted by Crippen LogP contribution is -2.42. The molecular formula is C12H19N3O2S2. The maximum Gasteiger partial charge on any atom is 0.277 e. The zero-order valence-corrected chi connectivity index (χ0v) is 12.9.